The van der Waals surface area contributed by atoms with Gasteiger partial charge in [0.15, 0.2) is 0 Å². The Morgan fingerprint density at radius 3 is 2.52 bits per heavy atom. The lowest BCUT2D eigenvalue weighted by atomic mass is 9.90. The lowest BCUT2D eigenvalue weighted by molar-refractivity contribution is -0.0157. The molecule has 7 heteroatoms. The molecule has 2 amide bonds. The number of urea groups is 1. The van der Waals surface area contributed by atoms with Crippen LogP contribution in [0.15, 0.2) is 77.4 Å². The molecule has 0 radical (unpaired) electrons. The second-order valence-corrected chi connectivity index (χ2v) is 11.8. The lowest BCUT2D eigenvalue weighted by Crippen LogP contribution is -2.43. The number of hydrogen-bond donors (Lipinski definition) is 3. The van der Waals surface area contributed by atoms with Crippen LogP contribution in [0.4, 0.5) is 10.5 Å². The van der Waals surface area contributed by atoms with Gasteiger partial charge in [0.25, 0.3) is 0 Å². The Bertz CT molecular complexity index is 1420. The number of amides is 2. The van der Waals surface area contributed by atoms with Crippen LogP contribution in [-0.4, -0.2) is 44.2 Å². The summed E-state index contributed by atoms with van der Waals surface area (Å²) in [6.45, 7) is 13.6. The lowest BCUT2D eigenvalue weighted by Gasteiger charge is -2.28. The molecule has 0 bridgehead atoms. The number of fused-ring (bicyclic) bond motifs is 1. The van der Waals surface area contributed by atoms with Crippen molar-refractivity contribution in [2.45, 2.75) is 46.8 Å². The Balaban J connectivity index is 1.31. The van der Waals surface area contributed by atoms with Crippen molar-refractivity contribution in [3.05, 3.63) is 83.6 Å². The van der Waals surface area contributed by atoms with Gasteiger partial charge in [-0.3, -0.25) is 4.99 Å². The Morgan fingerprint density at radius 2 is 1.82 bits per heavy atom. The average Bonchev–Trinajstić information content (AvgIpc) is 3.37. The van der Waals surface area contributed by atoms with E-state index in [1.165, 1.54) is 5.56 Å². The summed E-state index contributed by atoms with van der Waals surface area (Å²) in [5.74, 6) is 1.04. The van der Waals surface area contributed by atoms with E-state index in [1.54, 1.807) is 0 Å². The molecule has 3 N–H and O–H groups in total. The van der Waals surface area contributed by atoms with Gasteiger partial charge in [-0.15, -0.1) is 0 Å². The van der Waals surface area contributed by atoms with Crippen molar-refractivity contribution in [3.63, 3.8) is 0 Å². The van der Waals surface area contributed by atoms with E-state index in [1.807, 2.05) is 42.5 Å². The van der Waals surface area contributed by atoms with E-state index < -0.39 is 0 Å². The largest absolute Gasteiger partial charge is 0.493 e. The van der Waals surface area contributed by atoms with Crippen molar-refractivity contribution in [1.29, 1.82) is 0 Å². The summed E-state index contributed by atoms with van der Waals surface area (Å²) in [6, 6.07) is 19.6. The number of carbonyl (C=O) groups excluding carboxylic acids is 1. The monoisotopic (exact) mass is 540 g/mol. The predicted octanol–water partition coefficient (Wildman–Crippen LogP) is 6.40. The van der Waals surface area contributed by atoms with Crippen molar-refractivity contribution in [1.82, 2.24) is 10.6 Å². The molecular weight excluding hydrogens is 500 g/mol. The summed E-state index contributed by atoms with van der Waals surface area (Å²) < 4.78 is 12.1. The van der Waals surface area contributed by atoms with Crippen molar-refractivity contribution in [2.24, 2.45) is 16.3 Å². The molecular formula is C33H40N4O3. The first-order valence-corrected chi connectivity index (χ1v) is 14.1. The Kier molecular flexibility index (Phi) is 8.24. The van der Waals surface area contributed by atoms with Crippen LogP contribution in [0.2, 0.25) is 0 Å². The van der Waals surface area contributed by atoms with Gasteiger partial charge < -0.3 is 25.4 Å². The first-order valence-electron chi connectivity index (χ1n) is 14.1. The fourth-order valence-corrected chi connectivity index (χ4v) is 5.06. The molecule has 2 aliphatic rings. The Morgan fingerprint density at radius 1 is 1.07 bits per heavy atom. The van der Waals surface area contributed by atoms with Crippen molar-refractivity contribution >= 4 is 28.2 Å². The van der Waals surface area contributed by atoms with E-state index in [4.69, 9.17) is 14.5 Å². The van der Waals surface area contributed by atoms with E-state index in [2.05, 4.69) is 74.8 Å². The zero-order valence-corrected chi connectivity index (χ0v) is 24.1. The third-order valence-electron chi connectivity index (χ3n) is 7.50. The van der Waals surface area contributed by atoms with Crippen LogP contribution in [0.5, 0.6) is 5.75 Å². The summed E-state index contributed by atoms with van der Waals surface area (Å²) >= 11 is 0. The number of nitrogens with zero attached hydrogens (tertiary/aromatic N) is 1. The standard InChI is InChI=1S/C33H40N4O3/c1-21-10-12-23(13-11-21)31-27(18-30(37-31)33(3,4)5)36-32(38)35-26-14-15-28(25-9-7-6-8-24(25)26)40-20-22(2)29-19-34-16-17-39-29/h6-15,18,22,29,31,34H,16-17,19-20H2,1-5H3,(H2,35,36,38). The molecule has 210 valence electrons. The first-order chi connectivity index (χ1) is 19.2. The van der Waals surface area contributed by atoms with Crippen LogP contribution >= 0.6 is 0 Å². The van der Waals surface area contributed by atoms with Gasteiger partial charge in [-0.25, -0.2) is 4.79 Å². The van der Waals surface area contributed by atoms with Crippen molar-refractivity contribution in [3.8, 4) is 5.75 Å². The van der Waals surface area contributed by atoms with Gasteiger partial charge in [-0.05, 0) is 30.7 Å². The number of hydrogen-bond acceptors (Lipinski definition) is 5. The fraction of sp³-hybridized carbons (Fsp3) is 0.394. The van der Waals surface area contributed by atoms with Gasteiger partial charge in [0.1, 0.15) is 11.8 Å². The maximum atomic E-state index is 13.3. The van der Waals surface area contributed by atoms with Gasteiger partial charge in [-0.2, -0.15) is 0 Å². The highest BCUT2D eigenvalue weighted by Crippen LogP contribution is 2.35. The maximum Gasteiger partial charge on any atom is 0.323 e. The number of rotatable bonds is 7. The molecule has 2 aliphatic heterocycles. The van der Waals surface area contributed by atoms with Crippen LogP contribution in [0.3, 0.4) is 0 Å². The Hall–Kier alpha value is -3.68. The molecule has 0 saturated carbocycles. The minimum atomic E-state index is -0.303. The summed E-state index contributed by atoms with van der Waals surface area (Å²) in [6.07, 6.45) is 2.15. The van der Waals surface area contributed by atoms with Gasteiger partial charge in [0.05, 0.1) is 30.7 Å². The number of morpholine rings is 1. The third-order valence-corrected chi connectivity index (χ3v) is 7.50. The van der Waals surface area contributed by atoms with Gasteiger partial charge >= 0.3 is 6.03 Å². The van der Waals surface area contributed by atoms with E-state index in [0.29, 0.717) is 6.61 Å². The quantitative estimate of drug-likeness (QED) is 0.324. The summed E-state index contributed by atoms with van der Waals surface area (Å²) in [5.41, 5.74) is 4.55. The summed E-state index contributed by atoms with van der Waals surface area (Å²) in [5, 5.41) is 11.4. The molecule has 7 nitrogen and oxygen atoms in total. The molecule has 3 atom stereocenters. The van der Waals surface area contributed by atoms with Crippen LogP contribution in [0.1, 0.15) is 44.9 Å². The molecule has 5 rings (SSSR count). The van der Waals surface area contributed by atoms with E-state index in [9.17, 15) is 4.79 Å². The molecule has 1 saturated heterocycles. The number of aliphatic imine (C=N–C) groups is 1. The van der Waals surface area contributed by atoms with Gasteiger partial charge in [0.2, 0.25) is 0 Å². The fourth-order valence-electron chi connectivity index (χ4n) is 5.06. The van der Waals surface area contributed by atoms with Crippen LogP contribution in [-0.2, 0) is 4.74 Å². The van der Waals surface area contributed by atoms with Gasteiger partial charge in [0, 0.05) is 40.9 Å². The zero-order valence-electron chi connectivity index (χ0n) is 24.1. The summed E-state index contributed by atoms with van der Waals surface area (Å²) in [7, 11) is 0. The molecule has 3 aromatic rings. The number of benzene rings is 3. The normalized spacial score (nSPS) is 20.0. The second-order valence-electron chi connectivity index (χ2n) is 11.8. The molecule has 3 aromatic carbocycles. The molecule has 3 unspecified atom stereocenters. The van der Waals surface area contributed by atoms with Crippen molar-refractivity contribution < 1.29 is 14.3 Å². The highest BCUT2D eigenvalue weighted by Gasteiger charge is 2.29. The number of aryl methyl sites for hydroxylation is 1. The van der Waals surface area contributed by atoms with Gasteiger partial charge in [-0.1, -0.05) is 81.8 Å². The molecule has 1 fully saturated rings. The maximum absolute atomic E-state index is 13.3. The van der Waals surface area contributed by atoms with Crippen LogP contribution in [0, 0.1) is 18.3 Å². The second kappa shape index (κ2) is 11.8. The van der Waals surface area contributed by atoms with E-state index in [0.717, 1.165) is 58.9 Å². The molecule has 0 aliphatic carbocycles. The SMILES string of the molecule is Cc1ccc(C2N=C(C(C)(C)C)C=C2NC(=O)Nc2ccc(OCC(C)C3CNCCO3)c3ccccc23)cc1. The van der Waals surface area contributed by atoms with Crippen LogP contribution in [0.25, 0.3) is 10.8 Å². The molecule has 2 heterocycles. The number of anilines is 1. The van der Waals surface area contributed by atoms with E-state index >= 15 is 0 Å². The number of ether oxygens (including phenoxy) is 2. The molecule has 40 heavy (non-hydrogen) atoms. The molecule has 0 aromatic heterocycles. The minimum absolute atomic E-state index is 0.133. The zero-order chi connectivity index (χ0) is 28.3. The highest BCUT2D eigenvalue weighted by molar-refractivity contribution is 6.05. The number of carbonyl (C=O) groups is 1. The average molecular weight is 541 g/mol. The van der Waals surface area contributed by atoms with Crippen LogP contribution < -0.4 is 20.7 Å². The first kappa shape index (κ1) is 27.9. The number of nitrogens with one attached hydrogen (secondary N) is 3. The molecule has 0 spiro atoms. The Labute approximate surface area is 237 Å². The topological polar surface area (TPSA) is 84.0 Å². The number of allylic oxidation sites excluding steroid dienone is 1. The minimum Gasteiger partial charge on any atom is -0.493 e. The highest BCUT2D eigenvalue weighted by atomic mass is 16.5. The van der Waals surface area contributed by atoms with E-state index in [-0.39, 0.29) is 29.5 Å². The third kappa shape index (κ3) is 6.37. The summed E-state index contributed by atoms with van der Waals surface area (Å²) in [4.78, 5) is 18.3. The smallest absolute Gasteiger partial charge is 0.323 e. The van der Waals surface area contributed by atoms with Crippen molar-refractivity contribution in [2.75, 3.05) is 31.6 Å². The predicted molar refractivity (Wildman–Crippen MR) is 162 cm³/mol.